The Bertz CT molecular complexity index is 1210. The highest BCUT2D eigenvalue weighted by Crippen LogP contribution is 2.25. The molecule has 0 unspecified atom stereocenters. The second-order valence-corrected chi connectivity index (χ2v) is 10.5. The van der Waals surface area contributed by atoms with Gasteiger partial charge in [-0.2, -0.15) is 0 Å². The maximum atomic E-state index is 13.4. The van der Waals surface area contributed by atoms with Gasteiger partial charge in [-0.15, -0.1) is 0 Å². The Morgan fingerprint density at radius 1 is 1.03 bits per heavy atom. The average Bonchev–Trinajstić information content (AvgIpc) is 3.12. The third kappa shape index (κ3) is 6.30. The number of aromatic hydroxyl groups is 1. The topological polar surface area (TPSA) is 114 Å². The summed E-state index contributed by atoms with van der Waals surface area (Å²) in [5, 5.41) is 16.2. The number of para-hydroxylation sites is 1. The SMILES string of the molecule is Bc1cc(C[C@@H](OC(=O)N2CCC(N3CCc4ccccc4NC3=O)CC2)C(=O)N2CCNCC2)ccc1O. The Balaban J connectivity index is 1.21. The first-order chi connectivity index (χ1) is 18.9. The van der Waals surface area contributed by atoms with Crippen LogP contribution in [0.15, 0.2) is 42.5 Å². The van der Waals surface area contributed by atoms with Crippen LogP contribution in [-0.2, 0) is 22.4 Å². The smallest absolute Gasteiger partial charge is 0.410 e. The number of likely N-dealkylation sites (tertiary alicyclic amines) is 1. The molecule has 4 amide bonds. The molecule has 0 aliphatic carbocycles. The van der Waals surface area contributed by atoms with Gasteiger partial charge in [0.05, 0.1) is 0 Å². The van der Waals surface area contributed by atoms with Gasteiger partial charge in [0, 0.05) is 64.0 Å². The maximum Gasteiger partial charge on any atom is 0.410 e. The van der Waals surface area contributed by atoms with Gasteiger partial charge < -0.3 is 35.2 Å². The molecule has 206 valence electrons. The number of phenols is 1. The molecule has 2 aromatic rings. The molecule has 3 heterocycles. The van der Waals surface area contributed by atoms with Crippen molar-refractivity contribution in [3.63, 3.8) is 0 Å². The summed E-state index contributed by atoms with van der Waals surface area (Å²) in [6, 6.07) is 13.0. The minimum Gasteiger partial charge on any atom is -0.509 e. The molecule has 0 bridgehead atoms. The van der Waals surface area contributed by atoms with E-state index in [0.717, 1.165) is 23.2 Å². The lowest BCUT2D eigenvalue weighted by Gasteiger charge is -2.38. The predicted octanol–water partition coefficient (Wildman–Crippen LogP) is 0.685. The number of amides is 4. The van der Waals surface area contributed by atoms with E-state index >= 15 is 0 Å². The number of carbonyl (C=O) groups excluding carboxylic acids is 3. The van der Waals surface area contributed by atoms with Crippen molar-refractivity contribution in [2.45, 2.75) is 37.8 Å². The Kier molecular flexibility index (Phi) is 8.25. The average molecular weight is 533 g/mol. The van der Waals surface area contributed by atoms with E-state index in [1.807, 2.05) is 35.2 Å². The molecule has 2 fully saturated rings. The number of piperidine rings is 1. The first-order valence-electron chi connectivity index (χ1n) is 13.8. The van der Waals surface area contributed by atoms with E-state index in [1.165, 1.54) is 0 Å². The summed E-state index contributed by atoms with van der Waals surface area (Å²) in [6.07, 6.45) is 0.848. The van der Waals surface area contributed by atoms with Crippen LogP contribution in [0.3, 0.4) is 0 Å². The normalized spacial score (nSPS) is 19.1. The van der Waals surface area contributed by atoms with E-state index in [4.69, 9.17) is 4.74 Å². The van der Waals surface area contributed by atoms with Crippen LogP contribution >= 0.6 is 0 Å². The van der Waals surface area contributed by atoms with E-state index < -0.39 is 12.2 Å². The molecule has 0 saturated carbocycles. The van der Waals surface area contributed by atoms with Gasteiger partial charge in [-0.05, 0) is 48.0 Å². The van der Waals surface area contributed by atoms with E-state index in [9.17, 15) is 19.5 Å². The monoisotopic (exact) mass is 533 g/mol. The van der Waals surface area contributed by atoms with Crippen molar-refractivity contribution in [2.75, 3.05) is 51.1 Å². The van der Waals surface area contributed by atoms with Gasteiger partial charge in [-0.1, -0.05) is 30.3 Å². The maximum absolute atomic E-state index is 13.4. The van der Waals surface area contributed by atoms with E-state index in [0.29, 0.717) is 64.1 Å². The lowest BCUT2D eigenvalue weighted by atomic mass is 9.91. The molecule has 0 spiro atoms. The van der Waals surface area contributed by atoms with Crippen molar-refractivity contribution >= 4 is 37.0 Å². The molecule has 0 aromatic heterocycles. The fourth-order valence-electron chi connectivity index (χ4n) is 5.62. The van der Waals surface area contributed by atoms with Gasteiger partial charge in [-0.25, -0.2) is 9.59 Å². The van der Waals surface area contributed by atoms with Crippen molar-refractivity contribution in [1.82, 2.24) is 20.0 Å². The van der Waals surface area contributed by atoms with Gasteiger partial charge >= 0.3 is 12.1 Å². The van der Waals surface area contributed by atoms with E-state index in [-0.39, 0.29) is 30.2 Å². The van der Waals surface area contributed by atoms with Gasteiger partial charge in [0.25, 0.3) is 5.91 Å². The number of hydrogen-bond acceptors (Lipinski definition) is 6. The van der Waals surface area contributed by atoms with Crippen LogP contribution in [-0.4, -0.2) is 104 Å². The quantitative estimate of drug-likeness (QED) is 0.488. The van der Waals surface area contributed by atoms with Crippen LogP contribution in [0, 0.1) is 0 Å². The fourth-order valence-corrected chi connectivity index (χ4v) is 5.62. The summed E-state index contributed by atoms with van der Waals surface area (Å²) >= 11 is 0. The molecule has 11 heteroatoms. The van der Waals surface area contributed by atoms with Crippen LogP contribution in [0.2, 0.25) is 0 Å². The van der Waals surface area contributed by atoms with E-state index in [1.54, 1.807) is 29.8 Å². The van der Waals surface area contributed by atoms with Crippen molar-refractivity contribution in [3.8, 4) is 5.75 Å². The standard InChI is InChI=1S/C28H36BN5O5/c29-22-17-19(5-6-24(22)35)18-25(26(36)32-15-10-30-11-16-32)39-28(38)33-12-8-21(9-13-33)34-14-7-20-3-1-2-4-23(20)31-27(34)37/h1-6,17,21,25,30,35H,7-16,18,29H2,(H,31,37)/t25-/m1/s1. The number of benzene rings is 2. The van der Waals surface area contributed by atoms with Crippen LogP contribution < -0.4 is 16.1 Å². The Hall–Kier alpha value is -3.73. The number of piperazine rings is 1. The van der Waals surface area contributed by atoms with Crippen LogP contribution in [0.5, 0.6) is 5.75 Å². The molecule has 0 radical (unpaired) electrons. The molecule has 2 saturated heterocycles. The minimum atomic E-state index is -0.952. The second-order valence-electron chi connectivity index (χ2n) is 10.5. The number of fused-ring (bicyclic) bond motifs is 1. The zero-order chi connectivity index (χ0) is 27.4. The van der Waals surface area contributed by atoms with Gasteiger partial charge in [0.1, 0.15) is 13.6 Å². The zero-order valence-electron chi connectivity index (χ0n) is 22.4. The highest BCUT2D eigenvalue weighted by atomic mass is 16.6. The largest absolute Gasteiger partial charge is 0.509 e. The molecular weight excluding hydrogens is 497 g/mol. The predicted molar refractivity (Wildman–Crippen MR) is 150 cm³/mol. The number of rotatable bonds is 5. The molecular formula is C28H36BN5O5. The van der Waals surface area contributed by atoms with Crippen molar-refractivity contribution in [1.29, 1.82) is 0 Å². The summed E-state index contributed by atoms with van der Waals surface area (Å²) in [5.74, 6) is -0.0168. The Morgan fingerprint density at radius 2 is 1.77 bits per heavy atom. The summed E-state index contributed by atoms with van der Waals surface area (Å²) in [7, 11) is 1.80. The number of nitrogens with zero attached hydrogens (tertiary/aromatic N) is 3. The summed E-state index contributed by atoms with van der Waals surface area (Å²) in [5.41, 5.74) is 3.50. The number of anilines is 1. The van der Waals surface area contributed by atoms with Gasteiger partial charge in [-0.3, -0.25) is 4.79 Å². The number of hydrogen-bond donors (Lipinski definition) is 3. The molecule has 39 heavy (non-hydrogen) atoms. The lowest BCUT2D eigenvalue weighted by Crippen LogP contribution is -2.53. The molecule has 10 nitrogen and oxygen atoms in total. The highest BCUT2D eigenvalue weighted by Gasteiger charge is 2.34. The first kappa shape index (κ1) is 26.9. The van der Waals surface area contributed by atoms with E-state index in [2.05, 4.69) is 10.6 Å². The highest BCUT2D eigenvalue weighted by molar-refractivity contribution is 6.34. The Morgan fingerprint density at radius 3 is 2.51 bits per heavy atom. The molecule has 3 N–H and O–H groups in total. The minimum absolute atomic E-state index is 0.0293. The first-order valence-corrected chi connectivity index (χ1v) is 13.8. The second kappa shape index (κ2) is 12.0. The molecule has 2 aromatic carbocycles. The number of nitrogens with one attached hydrogen (secondary N) is 2. The summed E-state index contributed by atoms with van der Waals surface area (Å²) in [6.45, 7) is 4.07. The summed E-state index contributed by atoms with van der Waals surface area (Å²) < 4.78 is 5.86. The number of carbonyl (C=O) groups is 3. The molecule has 3 aliphatic heterocycles. The van der Waals surface area contributed by atoms with Gasteiger partial charge in [0.2, 0.25) is 0 Å². The third-order valence-electron chi connectivity index (χ3n) is 7.93. The van der Waals surface area contributed by atoms with Crippen molar-refractivity contribution in [3.05, 3.63) is 53.6 Å². The van der Waals surface area contributed by atoms with Crippen LogP contribution in [0.4, 0.5) is 15.3 Å². The number of ether oxygens (including phenoxy) is 1. The zero-order valence-corrected chi connectivity index (χ0v) is 22.4. The molecule has 3 aliphatic rings. The van der Waals surface area contributed by atoms with Crippen molar-refractivity contribution < 1.29 is 24.2 Å². The Labute approximate surface area is 229 Å². The third-order valence-corrected chi connectivity index (χ3v) is 7.93. The molecule has 5 rings (SSSR count). The number of phenolic OH excluding ortho intramolecular Hbond substituents is 1. The summed E-state index contributed by atoms with van der Waals surface area (Å²) in [4.78, 5) is 44.8. The van der Waals surface area contributed by atoms with Crippen molar-refractivity contribution in [2.24, 2.45) is 0 Å². The van der Waals surface area contributed by atoms with Crippen LogP contribution in [0.1, 0.15) is 24.0 Å². The fraction of sp³-hybridized carbons (Fsp3) is 0.464. The molecule has 1 atom stereocenters. The van der Waals surface area contributed by atoms with Gasteiger partial charge in [0.15, 0.2) is 6.10 Å². The number of urea groups is 1. The van der Waals surface area contributed by atoms with Crippen LogP contribution in [0.25, 0.3) is 0 Å². The lowest BCUT2D eigenvalue weighted by molar-refractivity contribution is -0.141.